The number of nitrogens with one attached hydrogen (secondary N) is 1. The highest BCUT2D eigenvalue weighted by Crippen LogP contribution is 2.27. The fourth-order valence-electron chi connectivity index (χ4n) is 3.48. The van der Waals surface area contributed by atoms with E-state index >= 15 is 0 Å². The number of aliphatic imine (C=N–C) groups is 1. The molecule has 1 saturated heterocycles. The summed E-state index contributed by atoms with van der Waals surface area (Å²) in [4.78, 5) is 8.25. The van der Waals surface area contributed by atoms with Gasteiger partial charge in [-0.1, -0.05) is 36.4 Å². The number of anilines is 1. The third-order valence-corrected chi connectivity index (χ3v) is 5.81. The van der Waals surface area contributed by atoms with E-state index in [4.69, 9.17) is 14.8 Å². The van der Waals surface area contributed by atoms with E-state index in [2.05, 4.69) is 46.7 Å². The van der Waals surface area contributed by atoms with Crippen LogP contribution >= 0.6 is 11.3 Å². The maximum absolute atomic E-state index is 5.45. The van der Waals surface area contributed by atoms with Gasteiger partial charge in [0.2, 0.25) is 0 Å². The molecule has 3 heterocycles. The summed E-state index contributed by atoms with van der Waals surface area (Å²) in [5, 5.41) is 6.77. The van der Waals surface area contributed by atoms with Crippen molar-refractivity contribution in [3.63, 3.8) is 0 Å². The number of amidine groups is 1. The summed E-state index contributed by atoms with van der Waals surface area (Å²) in [6.45, 7) is 3.44. The molecular formula is C22H20N4OS. The molecule has 1 fully saturated rings. The molecule has 3 aromatic rings. The Hall–Kier alpha value is -2.96. The summed E-state index contributed by atoms with van der Waals surface area (Å²) < 4.78 is 5.45. The maximum Gasteiger partial charge on any atom is 0.164 e. The van der Waals surface area contributed by atoms with E-state index in [9.17, 15) is 0 Å². The van der Waals surface area contributed by atoms with Crippen LogP contribution in [0.15, 0.2) is 76.1 Å². The first-order valence-electron chi connectivity index (χ1n) is 9.37. The number of morpholine rings is 1. The Bertz CT molecular complexity index is 1020. The van der Waals surface area contributed by atoms with Gasteiger partial charge in [-0.05, 0) is 29.6 Å². The summed E-state index contributed by atoms with van der Waals surface area (Å²) in [7, 11) is 0. The van der Waals surface area contributed by atoms with Crippen molar-refractivity contribution in [2.45, 2.75) is 0 Å². The van der Waals surface area contributed by atoms with Crippen LogP contribution in [-0.4, -0.2) is 37.9 Å². The number of nitrogens with zero attached hydrogens (tertiary/aromatic N) is 3. The first-order valence-corrected chi connectivity index (χ1v) is 10.3. The number of fused-ring (bicyclic) bond motifs is 1. The van der Waals surface area contributed by atoms with E-state index in [1.165, 1.54) is 5.69 Å². The lowest BCUT2D eigenvalue weighted by atomic mass is 10.0. The number of hydrazone groups is 1. The molecule has 0 bridgehead atoms. The second-order valence-electron chi connectivity index (χ2n) is 6.67. The lowest BCUT2D eigenvalue weighted by Crippen LogP contribution is -2.36. The maximum atomic E-state index is 5.45. The molecule has 28 heavy (non-hydrogen) atoms. The lowest BCUT2D eigenvalue weighted by molar-refractivity contribution is 0.122. The van der Waals surface area contributed by atoms with Crippen molar-refractivity contribution in [3.8, 4) is 0 Å². The average molecular weight is 388 g/mol. The molecule has 5 rings (SSSR count). The standard InChI is InChI=1S/C22H20N4OS/c1-2-5-19-18(4-1)21(24-25-22(23-19)20-6-3-15-28-20)16-7-9-17(10-8-16)26-11-13-27-14-12-26/h1-10,15H,11-14H2,(H,23,25). The predicted octanol–water partition coefficient (Wildman–Crippen LogP) is 4.02. The molecule has 1 N–H and O–H groups in total. The molecule has 5 nitrogen and oxygen atoms in total. The quantitative estimate of drug-likeness (QED) is 0.737. The van der Waals surface area contributed by atoms with Crippen LogP contribution in [0.4, 0.5) is 11.4 Å². The van der Waals surface area contributed by atoms with Gasteiger partial charge in [0.25, 0.3) is 0 Å². The van der Waals surface area contributed by atoms with E-state index in [-0.39, 0.29) is 0 Å². The highest BCUT2D eigenvalue weighted by Gasteiger charge is 2.18. The number of thiophene rings is 1. The largest absolute Gasteiger partial charge is 0.378 e. The molecule has 0 amide bonds. The van der Waals surface area contributed by atoms with Crippen LogP contribution in [-0.2, 0) is 4.74 Å². The fourth-order valence-corrected chi connectivity index (χ4v) is 4.14. The minimum Gasteiger partial charge on any atom is -0.378 e. The second kappa shape index (κ2) is 7.58. The zero-order valence-electron chi connectivity index (χ0n) is 15.3. The molecule has 2 aliphatic rings. The molecule has 0 saturated carbocycles. The van der Waals surface area contributed by atoms with Gasteiger partial charge < -0.3 is 9.64 Å². The zero-order valence-corrected chi connectivity index (χ0v) is 16.2. The van der Waals surface area contributed by atoms with Gasteiger partial charge in [-0.25, -0.2) is 4.99 Å². The van der Waals surface area contributed by atoms with Crippen molar-refractivity contribution in [3.05, 3.63) is 82.0 Å². The van der Waals surface area contributed by atoms with Gasteiger partial charge in [0.05, 0.1) is 29.5 Å². The van der Waals surface area contributed by atoms with Crippen LogP contribution in [0.1, 0.15) is 16.0 Å². The Morgan fingerprint density at radius 3 is 2.54 bits per heavy atom. The number of hydrogen-bond acceptors (Lipinski definition) is 6. The Balaban J connectivity index is 1.50. The molecule has 0 atom stereocenters. The number of rotatable bonds is 3. The van der Waals surface area contributed by atoms with Crippen LogP contribution in [0, 0.1) is 0 Å². The summed E-state index contributed by atoms with van der Waals surface area (Å²) >= 11 is 1.65. The molecular weight excluding hydrogens is 368 g/mol. The first kappa shape index (κ1) is 17.2. The van der Waals surface area contributed by atoms with Crippen LogP contribution in [0.3, 0.4) is 0 Å². The van der Waals surface area contributed by atoms with Crippen molar-refractivity contribution in [2.24, 2.45) is 10.1 Å². The molecule has 0 unspecified atom stereocenters. The van der Waals surface area contributed by atoms with E-state index in [1.807, 2.05) is 29.6 Å². The average Bonchev–Trinajstić information content (AvgIpc) is 3.23. The molecule has 2 aromatic carbocycles. The third-order valence-electron chi connectivity index (χ3n) is 4.94. The van der Waals surface area contributed by atoms with E-state index in [0.29, 0.717) is 0 Å². The van der Waals surface area contributed by atoms with E-state index < -0.39 is 0 Å². The monoisotopic (exact) mass is 388 g/mol. The topological polar surface area (TPSA) is 49.2 Å². The van der Waals surface area contributed by atoms with Crippen LogP contribution < -0.4 is 10.3 Å². The van der Waals surface area contributed by atoms with E-state index in [1.54, 1.807) is 11.3 Å². The molecule has 0 spiro atoms. The van der Waals surface area contributed by atoms with Crippen molar-refractivity contribution < 1.29 is 4.74 Å². The van der Waals surface area contributed by atoms with Gasteiger partial charge in [-0.15, -0.1) is 11.3 Å². The number of ether oxygens (including phenoxy) is 1. The second-order valence-corrected chi connectivity index (χ2v) is 7.62. The number of para-hydroxylation sites is 1. The van der Waals surface area contributed by atoms with Crippen LogP contribution in [0.2, 0.25) is 0 Å². The Morgan fingerprint density at radius 2 is 1.75 bits per heavy atom. The van der Waals surface area contributed by atoms with Crippen molar-refractivity contribution in [1.29, 1.82) is 0 Å². The minimum atomic E-state index is 0.780. The van der Waals surface area contributed by atoms with Crippen molar-refractivity contribution in [2.75, 3.05) is 31.2 Å². The molecule has 140 valence electrons. The Morgan fingerprint density at radius 1 is 0.929 bits per heavy atom. The van der Waals surface area contributed by atoms with Crippen LogP contribution in [0.5, 0.6) is 0 Å². The summed E-state index contributed by atoms with van der Waals surface area (Å²) in [5.74, 6) is 0.780. The molecule has 2 aliphatic heterocycles. The summed E-state index contributed by atoms with van der Waals surface area (Å²) in [6.07, 6.45) is 0. The third kappa shape index (κ3) is 3.32. The van der Waals surface area contributed by atoms with Gasteiger partial charge in [0.1, 0.15) is 0 Å². The fraction of sp³-hybridized carbons (Fsp3) is 0.182. The van der Waals surface area contributed by atoms with Crippen LogP contribution in [0.25, 0.3) is 0 Å². The number of hydrogen-bond donors (Lipinski definition) is 1. The Kier molecular flexibility index (Phi) is 4.64. The highest BCUT2D eigenvalue weighted by atomic mass is 32.1. The Labute approximate surface area is 168 Å². The molecule has 0 radical (unpaired) electrons. The molecule has 1 aromatic heterocycles. The SMILES string of the molecule is c1csc(C2=Nc3ccccc3C(c3ccc(N4CCOCC4)cc3)=NN2)c1. The van der Waals surface area contributed by atoms with Gasteiger partial charge in [-0.3, -0.25) is 5.43 Å². The smallest absolute Gasteiger partial charge is 0.164 e. The van der Waals surface area contributed by atoms with Crippen molar-refractivity contribution in [1.82, 2.24) is 5.43 Å². The summed E-state index contributed by atoms with van der Waals surface area (Å²) in [6, 6.07) is 20.8. The van der Waals surface area contributed by atoms with Gasteiger partial charge in [0.15, 0.2) is 5.84 Å². The normalized spacial score (nSPS) is 16.5. The van der Waals surface area contributed by atoms with Gasteiger partial charge in [0, 0.05) is 29.9 Å². The van der Waals surface area contributed by atoms with Crippen molar-refractivity contribution >= 4 is 34.3 Å². The minimum absolute atomic E-state index is 0.780. The molecule has 6 heteroatoms. The molecule has 0 aliphatic carbocycles. The van der Waals surface area contributed by atoms with Gasteiger partial charge in [-0.2, -0.15) is 5.10 Å². The summed E-state index contributed by atoms with van der Waals surface area (Å²) in [5.41, 5.74) is 8.32. The number of benzene rings is 2. The zero-order chi connectivity index (χ0) is 18.8. The highest BCUT2D eigenvalue weighted by molar-refractivity contribution is 7.12. The predicted molar refractivity (Wildman–Crippen MR) is 115 cm³/mol. The van der Waals surface area contributed by atoms with E-state index in [0.717, 1.165) is 59.5 Å². The lowest BCUT2D eigenvalue weighted by Gasteiger charge is -2.29. The first-order chi connectivity index (χ1) is 13.9. The van der Waals surface area contributed by atoms with Gasteiger partial charge >= 0.3 is 0 Å².